The molecule has 4 atom stereocenters. The number of nitrogens with one attached hydrogen (secondary N) is 2. The van der Waals surface area contributed by atoms with Gasteiger partial charge in [-0.1, -0.05) is 29.6 Å². The van der Waals surface area contributed by atoms with Gasteiger partial charge in [0.15, 0.2) is 0 Å². The summed E-state index contributed by atoms with van der Waals surface area (Å²) in [6, 6.07) is 10.6. The summed E-state index contributed by atoms with van der Waals surface area (Å²) in [6.45, 7) is 2.04. The van der Waals surface area contributed by atoms with Gasteiger partial charge in [0.2, 0.25) is 0 Å². The van der Waals surface area contributed by atoms with E-state index in [4.69, 9.17) is 23.2 Å². The fraction of sp³-hybridized carbons (Fsp3) is 0.409. The standard InChI is InChI=1S/C22H24Cl2N2O3S/c1-13(19-11-14-2-3-15(19)10-14)25-22(27)16-4-9-20(24)21(12-16)30(28,29)26-18-7-5-17(23)6-8-18/h4-9,12-15,19,26H,2-3,10-11H2,1H3,(H,25,27)/t13-,14-,15-,19-/m1/s1. The highest BCUT2D eigenvalue weighted by Crippen LogP contribution is 2.49. The van der Waals surface area contributed by atoms with Gasteiger partial charge < -0.3 is 5.32 Å². The molecule has 0 aliphatic heterocycles. The van der Waals surface area contributed by atoms with Crippen LogP contribution in [0, 0.1) is 17.8 Å². The zero-order chi connectivity index (χ0) is 21.5. The first-order valence-electron chi connectivity index (χ1n) is 10.1. The number of benzene rings is 2. The van der Waals surface area contributed by atoms with E-state index in [1.807, 2.05) is 6.92 Å². The zero-order valence-electron chi connectivity index (χ0n) is 16.6. The van der Waals surface area contributed by atoms with Gasteiger partial charge >= 0.3 is 0 Å². The van der Waals surface area contributed by atoms with Crippen LogP contribution < -0.4 is 10.0 Å². The normalized spacial score (nSPS) is 23.9. The molecule has 0 heterocycles. The van der Waals surface area contributed by atoms with Gasteiger partial charge in [-0.3, -0.25) is 9.52 Å². The van der Waals surface area contributed by atoms with E-state index in [0.29, 0.717) is 22.5 Å². The molecule has 2 aliphatic carbocycles. The number of sulfonamides is 1. The molecule has 2 bridgehead atoms. The first-order valence-corrected chi connectivity index (χ1v) is 12.4. The summed E-state index contributed by atoms with van der Waals surface area (Å²) in [5.41, 5.74) is 0.626. The van der Waals surface area contributed by atoms with Crippen LogP contribution in [0.15, 0.2) is 47.4 Å². The van der Waals surface area contributed by atoms with E-state index in [2.05, 4.69) is 10.0 Å². The SMILES string of the molecule is C[C@@H](NC(=O)c1ccc(Cl)c(S(=O)(=O)Nc2ccc(Cl)cc2)c1)[C@H]1C[C@@H]2CC[C@@H]1C2. The van der Waals surface area contributed by atoms with Crippen LogP contribution >= 0.6 is 23.2 Å². The van der Waals surface area contributed by atoms with Gasteiger partial charge in [0.25, 0.3) is 15.9 Å². The van der Waals surface area contributed by atoms with Gasteiger partial charge in [-0.2, -0.15) is 0 Å². The average molecular weight is 467 g/mol. The predicted octanol–water partition coefficient (Wildman–Crippen LogP) is 5.35. The molecule has 0 spiro atoms. The van der Waals surface area contributed by atoms with Gasteiger partial charge in [0, 0.05) is 22.3 Å². The molecule has 5 nitrogen and oxygen atoms in total. The summed E-state index contributed by atoms with van der Waals surface area (Å²) in [7, 11) is -3.97. The summed E-state index contributed by atoms with van der Waals surface area (Å²) in [5, 5.41) is 3.61. The maximum Gasteiger partial charge on any atom is 0.263 e. The Bertz CT molecular complexity index is 1060. The molecule has 0 unspecified atom stereocenters. The molecule has 2 aromatic rings. The Morgan fingerprint density at radius 3 is 2.43 bits per heavy atom. The summed E-state index contributed by atoms with van der Waals surface area (Å²) < 4.78 is 28.1. The van der Waals surface area contributed by atoms with Crippen molar-refractivity contribution < 1.29 is 13.2 Å². The molecular weight excluding hydrogens is 443 g/mol. The van der Waals surface area contributed by atoms with Crippen LogP contribution in [0.4, 0.5) is 5.69 Å². The minimum absolute atomic E-state index is 0.0502. The molecule has 30 heavy (non-hydrogen) atoms. The third-order valence-corrected chi connectivity index (χ3v) is 8.49. The minimum atomic E-state index is -3.97. The molecule has 4 rings (SSSR count). The Labute approximate surface area is 187 Å². The molecule has 0 saturated heterocycles. The lowest BCUT2D eigenvalue weighted by Gasteiger charge is -2.28. The Morgan fingerprint density at radius 2 is 1.80 bits per heavy atom. The molecule has 8 heteroatoms. The average Bonchev–Trinajstić information content (AvgIpc) is 3.33. The number of hydrogen-bond donors (Lipinski definition) is 2. The van der Waals surface area contributed by atoms with Crippen molar-refractivity contribution in [1.82, 2.24) is 5.32 Å². The van der Waals surface area contributed by atoms with E-state index in [0.717, 1.165) is 12.3 Å². The van der Waals surface area contributed by atoms with Crippen molar-refractivity contribution in [1.29, 1.82) is 0 Å². The third-order valence-electron chi connectivity index (χ3n) is 6.37. The highest BCUT2D eigenvalue weighted by Gasteiger charge is 2.42. The number of rotatable bonds is 6. The highest BCUT2D eigenvalue weighted by atomic mass is 35.5. The number of carbonyl (C=O) groups excluding carboxylic acids is 1. The Hall–Kier alpha value is -1.76. The maximum absolute atomic E-state index is 12.8. The fourth-order valence-corrected chi connectivity index (χ4v) is 6.59. The molecule has 0 aromatic heterocycles. The summed E-state index contributed by atoms with van der Waals surface area (Å²) >= 11 is 12.0. The molecule has 2 N–H and O–H groups in total. The molecule has 0 radical (unpaired) electrons. The lowest BCUT2D eigenvalue weighted by Crippen LogP contribution is -2.40. The molecule has 2 aliphatic rings. The van der Waals surface area contributed by atoms with Crippen LogP contribution in [0.1, 0.15) is 43.0 Å². The van der Waals surface area contributed by atoms with Crippen LogP contribution in [-0.2, 0) is 10.0 Å². The maximum atomic E-state index is 12.8. The molecular formula is C22H24Cl2N2O3S. The molecule has 160 valence electrons. The number of fused-ring (bicyclic) bond motifs is 2. The molecule has 2 fully saturated rings. The van der Waals surface area contributed by atoms with Crippen LogP contribution in [-0.4, -0.2) is 20.4 Å². The van der Waals surface area contributed by atoms with E-state index in [1.165, 1.54) is 31.4 Å². The number of carbonyl (C=O) groups is 1. The monoisotopic (exact) mass is 466 g/mol. The second-order valence-electron chi connectivity index (χ2n) is 8.36. The Balaban J connectivity index is 1.50. The quantitative estimate of drug-likeness (QED) is 0.602. The van der Waals surface area contributed by atoms with Crippen molar-refractivity contribution >= 4 is 44.8 Å². The van der Waals surface area contributed by atoms with Crippen molar-refractivity contribution in [2.24, 2.45) is 17.8 Å². The van der Waals surface area contributed by atoms with Gasteiger partial charge in [-0.15, -0.1) is 0 Å². The third kappa shape index (κ3) is 4.46. The largest absolute Gasteiger partial charge is 0.349 e. The number of halogens is 2. The number of hydrogen-bond acceptors (Lipinski definition) is 3. The van der Waals surface area contributed by atoms with Crippen LogP contribution in [0.3, 0.4) is 0 Å². The van der Waals surface area contributed by atoms with Crippen LogP contribution in [0.25, 0.3) is 0 Å². The van der Waals surface area contributed by atoms with Gasteiger partial charge in [-0.05, 0) is 86.4 Å². The first kappa shape index (κ1) is 21.5. The zero-order valence-corrected chi connectivity index (χ0v) is 18.9. The van der Waals surface area contributed by atoms with Crippen molar-refractivity contribution in [3.63, 3.8) is 0 Å². The van der Waals surface area contributed by atoms with Crippen molar-refractivity contribution in [3.05, 3.63) is 58.1 Å². The second-order valence-corrected chi connectivity index (χ2v) is 10.9. The summed E-state index contributed by atoms with van der Waals surface area (Å²) in [4.78, 5) is 12.7. The number of anilines is 1. The van der Waals surface area contributed by atoms with Crippen molar-refractivity contribution in [2.75, 3.05) is 4.72 Å². The van der Waals surface area contributed by atoms with Gasteiger partial charge in [-0.25, -0.2) is 8.42 Å². The topological polar surface area (TPSA) is 75.3 Å². The second kappa shape index (κ2) is 8.40. The van der Waals surface area contributed by atoms with E-state index in [-0.39, 0.29) is 27.4 Å². The lowest BCUT2D eigenvalue weighted by atomic mass is 9.84. The van der Waals surface area contributed by atoms with Crippen LogP contribution in [0.5, 0.6) is 0 Å². The summed E-state index contributed by atoms with van der Waals surface area (Å²) in [5.74, 6) is 1.69. The van der Waals surface area contributed by atoms with Crippen LogP contribution in [0.2, 0.25) is 10.0 Å². The van der Waals surface area contributed by atoms with Gasteiger partial charge in [0.1, 0.15) is 4.90 Å². The van der Waals surface area contributed by atoms with E-state index in [9.17, 15) is 13.2 Å². The summed E-state index contributed by atoms with van der Waals surface area (Å²) in [6.07, 6.45) is 4.98. The van der Waals surface area contributed by atoms with E-state index < -0.39 is 10.0 Å². The minimum Gasteiger partial charge on any atom is -0.349 e. The fourth-order valence-electron chi connectivity index (χ4n) is 4.88. The predicted molar refractivity (Wildman–Crippen MR) is 120 cm³/mol. The molecule has 2 aromatic carbocycles. The Morgan fingerprint density at radius 1 is 1.07 bits per heavy atom. The van der Waals surface area contributed by atoms with Crippen molar-refractivity contribution in [2.45, 2.75) is 43.5 Å². The lowest BCUT2D eigenvalue weighted by molar-refractivity contribution is 0.0915. The molecule has 2 saturated carbocycles. The molecule has 1 amide bonds. The highest BCUT2D eigenvalue weighted by molar-refractivity contribution is 7.92. The van der Waals surface area contributed by atoms with Crippen molar-refractivity contribution in [3.8, 4) is 0 Å². The smallest absolute Gasteiger partial charge is 0.263 e. The number of amides is 1. The van der Waals surface area contributed by atoms with E-state index >= 15 is 0 Å². The Kier molecular flexibility index (Phi) is 6.02. The van der Waals surface area contributed by atoms with E-state index in [1.54, 1.807) is 30.3 Å². The van der Waals surface area contributed by atoms with Gasteiger partial charge in [0.05, 0.1) is 5.02 Å². The first-order chi connectivity index (χ1) is 14.2.